The molecule has 0 spiro atoms. The molecule has 1 heterocycles. The highest BCUT2D eigenvalue weighted by Gasteiger charge is 2.26. The molecule has 7 nitrogen and oxygen atoms in total. The van der Waals surface area contributed by atoms with Gasteiger partial charge in [0.15, 0.2) is 0 Å². The summed E-state index contributed by atoms with van der Waals surface area (Å²) in [5, 5.41) is 0. The van der Waals surface area contributed by atoms with E-state index < -0.39 is 16.0 Å². The molecule has 0 bridgehead atoms. The number of likely N-dealkylation sites (tertiary alicyclic amines) is 1. The SMILES string of the molecule is CCCCS(=O)(=O)NC1CCN(C(=O)c2cccc(OC(C)=O)c2)CC1. The Kier molecular flexibility index (Phi) is 7.16. The van der Waals surface area contributed by atoms with Crippen LogP contribution >= 0.6 is 0 Å². The third-order valence-electron chi connectivity index (χ3n) is 4.24. The van der Waals surface area contributed by atoms with Crippen LogP contribution in [0.2, 0.25) is 0 Å². The standard InChI is InChI=1S/C18H26N2O5S/c1-3-4-12-26(23,24)19-16-8-10-20(11-9-16)18(22)15-6-5-7-17(13-15)25-14(2)21/h5-7,13,16,19H,3-4,8-12H2,1-2H3. The van der Waals surface area contributed by atoms with Crippen LogP contribution in [-0.2, 0) is 14.8 Å². The van der Waals surface area contributed by atoms with Crippen molar-refractivity contribution in [2.75, 3.05) is 18.8 Å². The van der Waals surface area contributed by atoms with E-state index in [1.807, 2.05) is 6.92 Å². The van der Waals surface area contributed by atoms with Crippen molar-refractivity contribution >= 4 is 21.9 Å². The van der Waals surface area contributed by atoms with Crippen LogP contribution in [0.4, 0.5) is 0 Å². The number of piperidine rings is 1. The number of sulfonamides is 1. The Morgan fingerprint density at radius 2 is 1.96 bits per heavy atom. The minimum absolute atomic E-state index is 0.131. The molecular weight excluding hydrogens is 356 g/mol. The lowest BCUT2D eigenvalue weighted by molar-refractivity contribution is -0.131. The Bertz CT molecular complexity index is 740. The molecule has 1 fully saturated rings. The van der Waals surface area contributed by atoms with Crippen LogP contribution in [0.5, 0.6) is 5.75 Å². The normalized spacial score (nSPS) is 15.7. The molecule has 0 saturated carbocycles. The zero-order valence-electron chi connectivity index (χ0n) is 15.2. The molecule has 26 heavy (non-hydrogen) atoms. The number of hydrogen-bond donors (Lipinski definition) is 1. The van der Waals surface area contributed by atoms with Crippen molar-refractivity contribution in [1.29, 1.82) is 0 Å². The predicted octanol–water partition coefficient (Wildman–Crippen LogP) is 1.94. The third-order valence-corrected chi connectivity index (χ3v) is 5.76. The van der Waals surface area contributed by atoms with E-state index in [1.165, 1.54) is 6.92 Å². The molecule has 1 aliphatic rings. The number of hydrogen-bond acceptors (Lipinski definition) is 5. The molecule has 1 aromatic rings. The minimum Gasteiger partial charge on any atom is -0.427 e. The molecule has 0 unspecified atom stereocenters. The van der Waals surface area contributed by atoms with Gasteiger partial charge in [0.25, 0.3) is 5.91 Å². The molecule has 0 radical (unpaired) electrons. The summed E-state index contributed by atoms with van der Waals surface area (Å²) in [6.07, 6.45) is 2.65. The first kappa shape index (κ1) is 20.4. The third kappa shape index (κ3) is 6.10. The summed E-state index contributed by atoms with van der Waals surface area (Å²) in [7, 11) is -3.25. The summed E-state index contributed by atoms with van der Waals surface area (Å²) >= 11 is 0. The number of unbranched alkanes of at least 4 members (excludes halogenated alkanes) is 1. The van der Waals surface area contributed by atoms with Gasteiger partial charge in [-0.25, -0.2) is 13.1 Å². The van der Waals surface area contributed by atoms with Crippen molar-refractivity contribution in [2.45, 2.75) is 45.6 Å². The van der Waals surface area contributed by atoms with Gasteiger partial charge >= 0.3 is 5.97 Å². The lowest BCUT2D eigenvalue weighted by atomic mass is 10.0. The van der Waals surface area contributed by atoms with E-state index in [1.54, 1.807) is 29.2 Å². The molecule has 0 aliphatic carbocycles. The number of esters is 1. The van der Waals surface area contributed by atoms with Crippen molar-refractivity contribution in [3.8, 4) is 5.75 Å². The Hall–Kier alpha value is -1.93. The molecule has 1 N–H and O–H groups in total. The van der Waals surface area contributed by atoms with Gasteiger partial charge in [-0.15, -0.1) is 0 Å². The van der Waals surface area contributed by atoms with E-state index >= 15 is 0 Å². The smallest absolute Gasteiger partial charge is 0.308 e. The second-order valence-electron chi connectivity index (χ2n) is 6.48. The van der Waals surface area contributed by atoms with Crippen LogP contribution in [0, 0.1) is 0 Å². The fourth-order valence-electron chi connectivity index (χ4n) is 2.89. The van der Waals surface area contributed by atoms with Crippen molar-refractivity contribution in [1.82, 2.24) is 9.62 Å². The van der Waals surface area contributed by atoms with E-state index in [9.17, 15) is 18.0 Å². The largest absolute Gasteiger partial charge is 0.427 e. The summed E-state index contributed by atoms with van der Waals surface area (Å²) < 4.78 is 31.7. The maximum absolute atomic E-state index is 12.6. The average Bonchev–Trinajstić information content (AvgIpc) is 2.59. The Balaban J connectivity index is 1.91. The molecule has 0 atom stereocenters. The van der Waals surface area contributed by atoms with Gasteiger partial charge in [-0.3, -0.25) is 9.59 Å². The topological polar surface area (TPSA) is 92.8 Å². The first-order chi connectivity index (χ1) is 12.3. The van der Waals surface area contributed by atoms with Gasteiger partial charge in [-0.1, -0.05) is 19.4 Å². The molecule has 0 aromatic heterocycles. The van der Waals surface area contributed by atoms with Gasteiger partial charge in [0.05, 0.1) is 5.75 Å². The van der Waals surface area contributed by atoms with Crippen LogP contribution in [0.3, 0.4) is 0 Å². The highest BCUT2D eigenvalue weighted by molar-refractivity contribution is 7.89. The van der Waals surface area contributed by atoms with Gasteiger partial charge in [0, 0.05) is 31.6 Å². The summed E-state index contributed by atoms with van der Waals surface area (Å²) in [6.45, 7) is 4.23. The van der Waals surface area contributed by atoms with E-state index in [2.05, 4.69) is 4.72 Å². The van der Waals surface area contributed by atoms with Crippen molar-refractivity contribution in [3.63, 3.8) is 0 Å². The highest BCUT2D eigenvalue weighted by atomic mass is 32.2. The quantitative estimate of drug-likeness (QED) is 0.575. The number of benzene rings is 1. The van der Waals surface area contributed by atoms with Crippen LogP contribution < -0.4 is 9.46 Å². The highest BCUT2D eigenvalue weighted by Crippen LogP contribution is 2.18. The molecule has 1 aromatic carbocycles. The van der Waals surface area contributed by atoms with Gasteiger partial charge in [-0.2, -0.15) is 0 Å². The number of rotatable bonds is 7. The number of carbonyl (C=O) groups excluding carboxylic acids is 2. The molecular formula is C18H26N2O5S. The molecule has 2 rings (SSSR count). The number of carbonyl (C=O) groups is 2. The van der Waals surface area contributed by atoms with E-state index in [0.717, 1.165) is 6.42 Å². The first-order valence-electron chi connectivity index (χ1n) is 8.88. The number of nitrogens with one attached hydrogen (secondary N) is 1. The summed E-state index contributed by atoms with van der Waals surface area (Å²) in [4.78, 5) is 25.4. The van der Waals surface area contributed by atoms with E-state index in [-0.39, 0.29) is 17.7 Å². The summed E-state index contributed by atoms with van der Waals surface area (Å²) in [5.74, 6) is -0.107. The van der Waals surface area contributed by atoms with Crippen LogP contribution in [0.15, 0.2) is 24.3 Å². The molecule has 1 saturated heterocycles. The van der Waals surface area contributed by atoms with Crippen LogP contribution in [-0.4, -0.2) is 50.1 Å². The molecule has 144 valence electrons. The monoisotopic (exact) mass is 382 g/mol. The van der Waals surface area contributed by atoms with E-state index in [0.29, 0.717) is 43.7 Å². The lowest BCUT2D eigenvalue weighted by Gasteiger charge is -2.32. The Morgan fingerprint density at radius 3 is 2.58 bits per heavy atom. The van der Waals surface area contributed by atoms with Crippen LogP contribution in [0.1, 0.15) is 49.9 Å². The van der Waals surface area contributed by atoms with Crippen molar-refractivity contribution in [3.05, 3.63) is 29.8 Å². The fourth-order valence-corrected chi connectivity index (χ4v) is 4.42. The summed E-state index contributed by atoms with van der Waals surface area (Å²) in [6, 6.07) is 6.38. The molecule has 1 amide bonds. The zero-order valence-corrected chi connectivity index (χ0v) is 16.0. The zero-order chi connectivity index (χ0) is 19.2. The second kappa shape index (κ2) is 9.14. The maximum Gasteiger partial charge on any atom is 0.308 e. The molecule has 1 aliphatic heterocycles. The lowest BCUT2D eigenvalue weighted by Crippen LogP contribution is -2.47. The maximum atomic E-state index is 12.6. The minimum atomic E-state index is -3.25. The number of nitrogens with zero attached hydrogens (tertiary/aromatic N) is 1. The van der Waals surface area contributed by atoms with E-state index in [4.69, 9.17) is 4.74 Å². The predicted molar refractivity (Wildman–Crippen MR) is 98.5 cm³/mol. The molecule has 8 heteroatoms. The van der Waals surface area contributed by atoms with Gasteiger partial charge in [0.1, 0.15) is 5.75 Å². The van der Waals surface area contributed by atoms with Crippen molar-refractivity contribution < 1.29 is 22.7 Å². The second-order valence-corrected chi connectivity index (χ2v) is 8.35. The Morgan fingerprint density at radius 1 is 1.27 bits per heavy atom. The van der Waals surface area contributed by atoms with Gasteiger partial charge in [0.2, 0.25) is 10.0 Å². The van der Waals surface area contributed by atoms with Crippen molar-refractivity contribution in [2.24, 2.45) is 0 Å². The average molecular weight is 382 g/mol. The fraction of sp³-hybridized carbons (Fsp3) is 0.556. The number of ether oxygens (including phenoxy) is 1. The summed E-state index contributed by atoms with van der Waals surface area (Å²) in [5.41, 5.74) is 0.450. The van der Waals surface area contributed by atoms with Gasteiger partial charge < -0.3 is 9.64 Å². The first-order valence-corrected chi connectivity index (χ1v) is 10.5. The van der Waals surface area contributed by atoms with Gasteiger partial charge in [-0.05, 0) is 37.5 Å². The number of amides is 1. The Labute approximate surface area is 154 Å². The van der Waals surface area contributed by atoms with Crippen LogP contribution in [0.25, 0.3) is 0 Å².